The third kappa shape index (κ3) is 2.71. The molecule has 1 amide bonds. The van der Waals surface area contributed by atoms with Crippen molar-refractivity contribution in [1.29, 1.82) is 0 Å². The van der Waals surface area contributed by atoms with Crippen LogP contribution < -0.4 is 5.73 Å². The number of thiophene rings is 1. The van der Waals surface area contributed by atoms with E-state index in [2.05, 4.69) is 0 Å². The summed E-state index contributed by atoms with van der Waals surface area (Å²) < 4.78 is 0. The fourth-order valence-electron chi connectivity index (χ4n) is 1.44. The summed E-state index contributed by atoms with van der Waals surface area (Å²) in [5.41, 5.74) is 5.30. The molecule has 2 rings (SSSR count). The topological polar surface area (TPSA) is 46.3 Å². The van der Waals surface area contributed by atoms with E-state index < -0.39 is 5.54 Å². The first-order chi connectivity index (χ1) is 6.62. The molecule has 0 aliphatic heterocycles. The number of amides is 1. The number of hydrogen-bond donors (Lipinski definition) is 1. The Balaban J connectivity index is 0.00000112. The number of rotatable bonds is 3. The van der Waals surface area contributed by atoms with Crippen LogP contribution in [0.15, 0.2) is 17.5 Å². The summed E-state index contributed by atoms with van der Waals surface area (Å²) in [5.74, 6) is 0.0749. The lowest BCUT2D eigenvalue weighted by Gasteiger charge is -2.19. The molecular weight excluding hydrogens is 232 g/mol. The van der Waals surface area contributed by atoms with E-state index in [9.17, 15) is 4.79 Å². The predicted octanol–water partition coefficient (Wildman–Crippen LogP) is 1.62. The fourth-order valence-corrected chi connectivity index (χ4v) is 2.19. The van der Waals surface area contributed by atoms with Crippen LogP contribution in [-0.4, -0.2) is 23.4 Å². The van der Waals surface area contributed by atoms with Crippen LogP contribution >= 0.6 is 23.7 Å². The van der Waals surface area contributed by atoms with E-state index in [4.69, 9.17) is 5.73 Å². The number of halogens is 1. The molecule has 1 aliphatic carbocycles. The van der Waals surface area contributed by atoms with E-state index in [0.29, 0.717) is 6.54 Å². The van der Waals surface area contributed by atoms with Gasteiger partial charge in [-0.25, -0.2) is 0 Å². The average Bonchev–Trinajstić information content (AvgIpc) is 2.71. The Kier molecular flexibility index (Phi) is 3.76. The second-order valence-corrected chi connectivity index (χ2v) is 4.93. The number of hydrogen-bond acceptors (Lipinski definition) is 3. The maximum Gasteiger partial charge on any atom is 0.242 e. The minimum absolute atomic E-state index is 0. The molecule has 0 aromatic carbocycles. The first-order valence-electron chi connectivity index (χ1n) is 4.69. The van der Waals surface area contributed by atoms with Crippen molar-refractivity contribution in [3.63, 3.8) is 0 Å². The summed E-state index contributed by atoms with van der Waals surface area (Å²) in [5, 5.41) is 2.02. The quantitative estimate of drug-likeness (QED) is 0.881. The highest BCUT2D eigenvalue weighted by Gasteiger charge is 2.47. The summed E-state index contributed by atoms with van der Waals surface area (Å²) in [6, 6.07) is 4.03. The molecule has 1 aliphatic rings. The van der Waals surface area contributed by atoms with Gasteiger partial charge in [0, 0.05) is 11.9 Å². The molecule has 1 saturated carbocycles. The van der Waals surface area contributed by atoms with Gasteiger partial charge in [-0.05, 0) is 24.3 Å². The second-order valence-electron chi connectivity index (χ2n) is 3.90. The number of carbonyl (C=O) groups is 1. The highest BCUT2D eigenvalue weighted by Crippen LogP contribution is 2.34. The van der Waals surface area contributed by atoms with Gasteiger partial charge < -0.3 is 10.6 Å². The molecule has 1 aromatic heterocycles. The van der Waals surface area contributed by atoms with E-state index in [1.54, 1.807) is 16.2 Å². The highest BCUT2D eigenvalue weighted by atomic mass is 35.5. The van der Waals surface area contributed by atoms with Gasteiger partial charge in [-0.3, -0.25) is 4.79 Å². The average molecular weight is 247 g/mol. The van der Waals surface area contributed by atoms with Crippen molar-refractivity contribution < 1.29 is 4.79 Å². The molecule has 0 saturated heterocycles. The van der Waals surface area contributed by atoms with Crippen LogP contribution in [0.5, 0.6) is 0 Å². The molecule has 3 nitrogen and oxygen atoms in total. The van der Waals surface area contributed by atoms with Gasteiger partial charge in [0.25, 0.3) is 0 Å². The zero-order chi connectivity index (χ0) is 10.2. The van der Waals surface area contributed by atoms with Gasteiger partial charge in [-0.1, -0.05) is 6.07 Å². The number of nitrogens with two attached hydrogens (primary N) is 1. The van der Waals surface area contributed by atoms with E-state index in [1.165, 1.54) is 4.88 Å². The maximum atomic E-state index is 11.8. The monoisotopic (exact) mass is 246 g/mol. The van der Waals surface area contributed by atoms with Crippen LogP contribution in [0.2, 0.25) is 0 Å². The molecule has 0 spiro atoms. The predicted molar refractivity (Wildman–Crippen MR) is 64.2 cm³/mol. The van der Waals surface area contributed by atoms with Crippen molar-refractivity contribution in [1.82, 2.24) is 4.90 Å². The third-order valence-corrected chi connectivity index (χ3v) is 3.40. The largest absolute Gasteiger partial charge is 0.339 e. The summed E-state index contributed by atoms with van der Waals surface area (Å²) in [6.07, 6.45) is 1.67. The Hall–Kier alpha value is -0.580. The first kappa shape index (κ1) is 12.5. The van der Waals surface area contributed by atoms with E-state index in [0.717, 1.165) is 12.8 Å². The van der Waals surface area contributed by atoms with Crippen molar-refractivity contribution >= 4 is 29.7 Å². The van der Waals surface area contributed by atoms with Gasteiger partial charge in [-0.15, -0.1) is 23.7 Å². The Labute approximate surface area is 99.7 Å². The van der Waals surface area contributed by atoms with E-state index in [-0.39, 0.29) is 18.3 Å². The lowest BCUT2D eigenvalue weighted by Crippen LogP contribution is -2.43. The molecule has 1 aromatic rings. The second kappa shape index (κ2) is 4.51. The Bertz CT molecular complexity index is 335. The zero-order valence-corrected chi connectivity index (χ0v) is 10.2. The Morgan fingerprint density at radius 1 is 1.67 bits per heavy atom. The molecule has 1 fully saturated rings. The van der Waals surface area contributed by atoms with Gasteiger partial charge >= 0.3 is 0 Å². The van der Waals surface area contributed by atoms with Crippen LogP contribution in [-0.2, 0) is 11.3 Å². The van der Waals surface area contributed by atoms with Crippen LogP contribution in [0.25, 0.3) is 0 Å². The summed E-state index contributed by atoms with van der Waals surface area (Å²) in [7, 11) is 1.81. The molecule has 0 bridgehead atoms. The molecule has 1 heterocycles. The third-order valence-electron chi connectivity index (χ3n) is 2.53. The SMILES string of the molecule is CN(Cc1cccs1)C(=O)C1(N)CC1.Cl. The maximum absolute atomic E-state index is 11.8. The van der Waals surface area contributed by atoms with Crippen molar-refractivity contribution in [2.75, 3.05) is 7.05 Å². The standard InChI is InChI=1S/C10H14N2OS.ClH/c1-12(7-8-3-2-6-14-8)9(13)10(11)4-5-10;/h2-3,6H,4-5,7,11H2,1H3;1H. The molecule has 2 N–H and O–H groups in total. The molecule has 0 radical (unpaired) electrons. The first-order valence-corrected chi connectivity index (χ1v) is 5.57. The van der Waals surface area contributed by atoms with Gasteiger partial charge in [0.05, 0.1) is 12.1 Å². The van der Waals surface area contributed by atoms with E-state index >= 15 is 0 Å². The smallest absolute Gasteiger partial charge is 0.242 e. The van der Waals surface area contributed by atoms with E-state index in [1.807, 2.05) is 24.6 Å². The lowest BCUT2D eigenvalue weighted by atomic mass is 10.2. The summed E-state index contributed by atoms with van der Waals surface area (Å²) in [6.45, 7) is 0.676. The minimum atomic E-state index is -0.536. The van der Waals surface area contributed by atoms with Gasteiger partial charge in [-0.2, -0.15) is 0 Å². The summed E-state index contributed by atoms with van der Waals surface area (Å²) in [4.78, 5) is 14.7. The molecule has 0 atom stereocenters. The lowest BCUT2D eigenvalue weighted by molar-refractivity contribution is -0.132. The fraction of sp³-hybridized carbons (Fsp3) is 0.500. The van der Waals surface area contributed by atoms with Crippen LogP contribution in [0.4, 0.5) is 0 Å². The Morgan fingerprint density at radius 3 is 2.80 bits per heavy atom. The van der Waals surface area contributed by atoms with Gasteiger partial charge in [0.1, 0.15) is 0 Å². The van der Waals surface area contributed by atoms with Crippen molar-refractivity contribution in [3.8, 4) is 0 Å². The summed E-state index contributed by atoms with van der Waals surface area (Å²) >= 11 is 1.66. The molecule has 0 unspecified atom stereocenters. The number of likely N-dealkylation sites (N-methyl/N-ethyl adjacent to an activating group) is 1. The van der Waals surface area contributed by atoms with Crippen molar-refractivity contribution in [2.45, 2.75) is 24.9 Å². The molecular formula is C10H15ClN2OS. The van der Waals surface area contributed by atoms with Crippen LogP contribution in [0, 0.1) is 0 Å². The number of nitrogens with zero attached hydrogens (tertiary/aromatic N) is 1. The van der Waals surface area contributed by atoms with Crippen LogP contribution in [0.1, 0.15) is 17.7 Å². The highest BCUT2D eigenvalue weighted by molar-refractivity contribution is 7.09. The number of carbonyl (C=O) groups excluding carboxylic acids is 1. The van der Waals surface area contributed by atoms with Crippen molar-refractivity contribution in [2.24, 2.45) is 5.73 Å². The zero-order valence-electron chi connectivity index (χ0n) is 8.60. The normalized spacial score (nSPS) is 16.7. The van der Waals surface area contributed by atoms with Gasteiger partial charge in [0.15, 0.2) is 0 Å². The molecule has 84 valence electrons. The molecule has 5 heteroatoms. The Morgan fingerprint density at radius 2 is 2.33 bits per heavy atom. The molecule has 15 heavy (non-hydrogen) atoms. The minimum Gasteiger partial charge on any atom is -0.339 e. The van der Waals surface area contributed by atoms with Crippen molar-refractivity contribution in [3.05, 3.63) is 22.4 Å². The van der Waals surface area contributed by atoms with Crippen LogP contribution in [0.3, 0.4) is 0 Å². The van der Waals surface area contributed by atoms with Gasteiger partial charge in [0.2, 0.25) is 5.91 Å².